The Labute approximate surface area is 137 Å². The van der Waals surface area contributed by atoms with E-state index in [4.69, 9.17) is 5.73 Å². The Hall–Kier alpha value is -2.43. The number of aryl methyl sites for hydroxylation is 3. The number of nitrogens with zero attached hydrogens (tertiary/aromatic N) is 3. The quantitative estimate of drug-likeness (QED) is 0.890. The van der Waals surface area contributed by atoms with Crippen molar-refractivity contribution >= 4 is 11.9 Å². The van der Waals surface area contributed by atoms with E-state index in [1.807, 2.05) is 39.0 Å². The van der Waals surface area contributed by atoms with Crippen LogP contribution in [0.25, 0.3) is 0 Å². The summed E-state index contributed by atoms with van der Waals surface area (Å²) in [5.74, 6) is 0.206. The number of hydrogen-bond donors (Lipinski definition) is 1. The van der Waals surface area contributed by atoms with Crippen LogP contribution in [0.3, 0.4) is 0 Å². The first-order chi connectivity index (χ1) is 11.1. The van der Waals surface area contributed by atoms with Crippen molar-refractivity contribution in [2.24, 2.45) is 0 Å². The van der Waals surface area contributed by atoms with Gasteiger partial charge in [0.2, 0.25) is 5.95 Å². The van der Waals surface area contributed by atoms with Crippen molar-refractivity contribution in [3.05, 3.63) is 52.8 Å². The Kier molecular flexibility index (Phi) is 5.68. The molecule has 0 bridgehead atoms. The number of rotatable bonds is 6. The van der Waals surface area contributed by atoms with Gasteiger partial charge in [-0.1, -0.05) is 30.3 Å². The van der Waals surface area contributed by atoms with Crippen molar-refractivity contribution in [1.82, 2.24) is 14.9 Å². The van der Waals surface area contributed by atoms with Crippen LogP contribution in [0.15, 0.2) is 30.3 Å². The van der Waals surface area contributed by atoms with E-state index in [1.165, 1.54) is 5.56 Å². The number of aromatic nitrogens is 2. The molecule has 2 N–H and O–H groups in total. The second-order valence-electron chi connectivity index (χ2n) is 5.45. The molecule has 0 saturated heterocycles. The third-order valence-electron chi connectivity index (χ3n) is 3.94. The molecule has 2 rings (SSSR count). The molecular formula is C18H24N4O. The number of amides is 1. The lowest BCUT2D eigenvalue weighted by atomic mass is 10.0. The predicted molar refractivity (Wildman–Crippen MR) is 92.3 cm³/mol. The zero-order valence-electron chi connectivity index (χ0n) is 14.0. The van der Waals surface area contributed by atoms with E-state index in [9.17, 15) is 4.79 Å². The average Bonchev–Trinajstić information content (AvgIpc) is 2.54. The molecule has 2 aromatic rings. The fourth-order valence-electron chi connectivity index (χ4n) is 2.69. The summed E-state index contributed by atoms with van der Waals surface area (Å²) in [6.07, 6.45) is 1.48. The van der Waals surface area contributed by atoms with Crippen molar-refractivity contribution in [2.75, 3.05) is 18.8 Å². The van der Waals surface area contributed by atoms with Crippen LogP contribution in [0.1, 0.15) is 41.2 Å². The summed E-state index contributed by atoms with van der Waals surface area (Å²) in [5.41, 5.74) is 8.98. The standard InChI is InChI=1S/C18H24N4O/c1-4-22(5-2)17(23)16-13(3)20-18(19)21-15(16)12-11-14-9-7-6-8-10-14/h6-10H,4-5,11-12H2,1-3H3,(H2,19,20,21). The van der Waals surface area contributed by atoms with Gasteiger partial charge in [0.25, 0.3) is 5.91 Å². The smallest absolute Gasteiger partial charge is 0.257 e. The molecule has 0 aliphatic heterocycles. The maximum Gasteiger partial charge on any atom is 0.257 e. The first kappa shape index (κ1) is 16.9. The maximum absolute atomic E-state index is 12.8. The zero-order valence-corrected chi connectivity index (χ0v) is 14.0. The largest absolute Gasteiger partial charge is 0.368 e. The molecule has 0 atom stereocenters. The minimum atomic E-state index is -0.0180. The van der Waals surface area contributed by atoms with Crippen LogP contribution in [-0.2, 0) is 12.8 Å². The van der Waals surface area contributed by atoms with Crippen LogP contribution in [-0.4, -0.2) is 33.9 Å². The highest BCUT2D eigenvalue weighted by Crippen LogP contribution is 2.17. The second kappa shape index (κ2) is 7.72. The van der Waals surface area contributed by atoms with Crippen LogP contribution >= 0.6 is 0 Å². The number of carbonyl (C=O) groups is 1. The Morgan fingerprint density at radius 2 is 1.74 bits per heavy atom. The molecule has 1 amide bonds. The topological polar surface area (TPSA) is 72.1 Å². The summed E-state index contributed by atoms with van der Waals surface area (Å²) in [4.78, 5) is 23.1. The van der Waals surface area contributed by atoms with Crippen molar-refractivity contribution in [2.45, 2.75) is 33.6 Å². The van der Waals surface area contributed by atoms with Gasteiger partial charge in [-0.2, -0.15) is 0 Å². The molecule has 0 unspecified atom stereocenters. The monoisotopic (exact) mass is 312 g/mol. The van der Waals surface area contributed by atoms with E-state index in [0.717, 1.165) is 12.1 Å². The molecule has 122 valence electrons. The molecule has 23 heavy (non-hydrogen) atoms. The van der Waals surface area contributed by atoms with Gasteiger partial charge in [-0.15, -0.1) is 0 Å². The first-order valence-electron chi connectivity index (χ1n) is 8.03. The summed E-state index contributed by atoms with van der Waals surface area (Å²) in [7, 11) is 0. The molecule has 1 heterocycles. The van der Waals surface area contributed by atoms with Crippen LogP contribution in [0.5, 0.6) is 0 Å². The highest BCUT2D eigenvalue weighted by molar-refractivity contribution is 5.96. The summed E-state index contributed by atoms with van der Waals surface area (Å²) in [5, 5.41) is 0. The summed E-state index contributed by atoms with van der Waals surface area (Å²) >= 11 is 0. The second-order valence-corrected chi connectivity index (χ2v) is 5.45. The Bertz CT molecular complexity index is 666. The molecule has 0 saturated carbocycles. The molecule has 0 aliphatic rings. The van der Waals surface area contributed by atoms with Crippen molar-refractivity contribution in [3.8, 4) is 0 Å². The van der Waals surface area contributed by atoms with Crippen molar-refractivity contribution < 1.29 is 4.79 Å². The number of hydrogen-bond acceptors (Lipinski definition) is 4. The van der Waals surface area contributed by atoms with E-state index in [0.29, 0.717) is 30.8 Å². The maximum atomic E-state index is 12.8. The van der Waals surface area contributed by atoms with E-state index >= 15 is 0 Å². The minimum absolute atomic E-state index is 0.0180. The molecule has 0 fully saturated rings. The lowest BCUT2D eigenvalue weighted by molar-refractivity contribution is 0.0770. The molecule has 1 aromatic heterocycles. The number of anilines is 1. The first-order valence-corrected chi connectivity index (χ1v) is 8.03. The third-order valence-corrected chi connectivity index (χ3v) is 3.94. The van der Waals surface area contributed by atoms with Crippen molar-refractivity contribution in [1.29, 1.82) is 0 Å². The molecule has 1 aromatic carbocycles. The molecular weight excluding hydrogens is 288 g/mol. The summed E-state index contributed by atoms with van der Waals surface area (Å²) in [6, 6.07) is 10.2. The lowest BCUT2D eigenvalue weighted by Crippen LogP contribution is -2.32. The van der Waals surface area contributed by atoms with Gasteiger partial charge in [-0.25, -0.2) is 9.97 Å². The summed E-state index contributed by atoms with van der Waals surface area (Å²) < 4.78 is 0. The number of nitrogens with two attached hydrogens (primary N) is 1. The van der Waals surface area contributed by atoms with Crippen LogP contribution in [0.4, 0.5) is 5.95 Å². The summed E-state index contributed by atoms with van der Waals surface area (Å²) in [6.45, 7) is 7.09. The van der Waals surface area contributed by atoms with Gasteiger partial charge < -0.3 is 10.6 Å². The van der Waals surface area contributed by atoms with Crippen molar-refractivity contribution in [3.63, 3.8) is 0 Å². The molecule has 5 heteroatoms. The zero-order chi connectivity index (χ0) is 16.8. The SMILES string of the molecule is CCN(CC)C(=O)c1c(C)nc(N)nc1CCc1ccccc1. The molecule has 5 nitrogen and oxygen atoms in total. The van der Waals surface area contributed by atoms with Crippen LogP contribution in [0.2, 0.25) is 0 Å². The van der Waals surface area contributed by atoms with Gasteiger partial charge in [0.1, 0.15) is 0 Å². The Balaban J connectivity index is 2.32. The third kappa shape index (κ3) is 4.06. The average molecular weight is 312 g/mol. The van der Waals surface area contributed by atoms with Crippen LogP contribution in [0, 0.1) is 6.92 Å². The molecule has 0 aliphatic carbocycles. The number of benzene rings is 1. The normalized spacial score (nSPS) is 10.6. The van der Waals surface area contributed by atoms with Gasteiger partial charge >= 0.3 is 0 Å². The fraction of sp³-hybridized carbons (Fsp3) is 0.389. The highest BCUT2D eigenvalue weighted by Gasteiger charge is 2.21. The predicted octanol–water partition coefficient (Wildman–Crippen LogP) is 2.63. The van der Waals surface area contributed by atoms with Gasteiger partial charge in [0.05, 0.1) is 17.0 Å². The molecule has 0 spiro atoms. The van der Waals surface area contributed by atoms with Gasteiger partial charge in [-0.3, -0.25) is 4.79 Å². The highest BCUT2D eigenvalue weighted by atomic mass is 16.2. The van der Waals surface area contributed by atoms with E-state index in [2.05, 4.69) is 22.1 Å². The number of carbonyl (C=O) groups excluding carboxylic acids is 1. The number of nitrogen functional groups attached to an aromatic ring is 1. The molecule has 0 radical (unpaired) electrons. The van der Waals surface area contributed by atoms with Crippen LogP contribution < -0.4 is 5.73 Å². The van der Waals surface area contributed by atoms with Gasteiger partial charge in [0, 0.05) is 13.1 Å². The minimum Gasteiger partial charge on any atom is -0.368 e. The Morgan fingerprint density at radius 1 is 1.09 bits per heavy atom. The Morgan fingerprint density at radius 3 is 2.35 bits per heavy atom. The van der Waals surface area contributed by atoms with Gasteiger partial charge in [-0.05, 0) is 39.2 Å². The van der Waals surface area contributed by atoms with Gasteiger partial charge in [0.15, 0.2) is 0 Å². The fourth-order valence-corrected chi connectivity index (χ4v) is 2.69. The van der Waals surface area contributed by atoms with E-state index < -0.39 is 0 Å². The van der Waals surface area contributed by atoms with E-state index in [-0.39, 0.29) is 11.9 Å². The lowest BCUT2D eigenvalue weighted by Gasteiger charge is -2.21. The van der Waals surface area contributed by atoms with E-state index in [1.54, 1.807) is 4.90 Å².